The summed E-state index contributed by atoms with van der Waals surface area (Å²) >= 11 is 0. The van der Waals surface area contributed by atoms with Crippen LogP contribution in [0.1, 0.15) is 59.1 Å². The number of ketones is 2. The number of ether oxygens (including phenoxy) is 3. The Labute approximate surface area is 190 Å². The van der Waals surface area contributed by atoms with Crippen molar-refractivity contribution in [3.8, 4) is 5.75 Å². The van der Waals surface area contributed by atoms with Crippen LogP contribution in [0.3, 0.4) is 0 Å². The lowest BCUT2D eigenvalue weighted by Crippen LogP contribution is -2.50. The van der Waals surface area contributed by atoms with Crippen molar-refractivity contribution in [2.24, 2.45) is 0 Å². The first-order valence-electron chi connectivity index (χ1n) is 11.1. The Morgan fingerprint density at radius 1 is 1.03 bits per heavy atom. The van der Waals surface area contributed by atoms with Gasteiger partial charge < -0.3 is 29.3 Å². The zero-order valence-electron chi connectivity index (χ0n) is 18.9. The van der Waals surface area contributed by atoms with Crippen LogP contribution in [0.15, 0.2) is 23.3 Å². The number of esters is 1. The van der Waals surface area contributed by atoms with Crippen molar-refractivity contribution >= 4 is 17.5 Å². The third kappa shape index (κ3) is 3.25. The molecule has 0 spiro atoms. The molecule has 9 heteroatoms. The van der Waals surface area contributed by atoms with Gasteiger partial charge in [-0.3, -0.25) is 14.4 Å². The monoisotopic (exact) mass is 457 g/mol. The number of fused-ring (bicyclic) bond motifs is 3. The van der Waals surface area contributed by atoms with Gasteiger partial charge in [0.25, 0.3) is 0 Å². The van der Waals surface area contributed by atoms with E-state index in [1.807, 2.05) is 19.0 Å². The molecule has 1 aliphatic carbocycles. The normalized spacial score (nSPS) is 35.9. The van der Waals surface area contributed by atoms with Crippen molar-refractivity contribution in [2.45, 2.75) is 69.4 Å². The second-order valence-electron chi connectivity index (χ2n) is 9.43. The van der Waals surface area contributed by atoms with Gasteiger partial charge in [-0.15, -0.1) is 0 Å². The quantitative estimate of drug-likeness (QED) is 0.633. The highest BCUT2D eigenvalue weighted by atomic mass is 16.6. The molecule has 1 aromatic carbocycles. The van der Waals surface area contributed by atoms with Crippen LogP contribution in [0.5, 0.6) is 5.75 Å². The molecule has 2 saturated heterocycles. The summed E-state index contributed by atoms with van der Waals surface area (Å²) in [5, 5.41) is 21.7. The molecule has 4 aliphatic rings. The Morgan fingerprint density at radius 3 is 2.45 bits per heavy atom. The van der Waals surface area contributed by atoms with E-state index in [2.05, 4.69) is 0 Å². The van der Waals surface area contributed by atoms with E-state index in [1.54, 1.807) is 19.9 Å². The third-order valence-corrected chi connectivity index (χ3v) is 7.21. The van der Waals surface area contributed by atoms with Crippen molar-refractivity contribution in [1.29, 1.82) is 0 Å². The Morgan fingerprint density at radius 2 is 1.76 bits per heavy atom. The zero-order valence-corrected chi connectivity index (χ0v) is 18.9. The van der Waals surface area contributed by atoms with Gasteiger partial charge in [0.15, 0.2) is 17.7 Å². The number of phenols is 1. The van der Waals surface area contributed by atoms with Crippen molar-refractivity contribution < 1.29 is 38.8 Å². The lowest BCUT2D eigenvalue weighted by molar-refractivity contribution is -0.142. The minimum absolute atomic E-state index is 0.0282. The first-order chi connectivity index (χ1) is 15.6. The molecule has 3 heterocycles. The largest absolute Gasteiger partial charge is 0.507 e. The van der Waals surface area contributed by atoms with Gasteiger partial charge in [-0.1, -0.05) is 6.07 Å². The summed E-state index contributed by atoms with van der Waals surface area (Å²) in [5.41, 5.74) is 0.643. The first-order valence-corrected chi connectivity index (χ1v) is 11.1. The average Bonchev–Trinajstić information content (AvgIpc) is 3.12. The molecule has 1 aromatic rings. The molecule has 2 fully saturated rings. The molecule has 3 unspecified atom stereocenters. The van der Waals surface area contributed by atoms with Crippen LogP contribution in [-0.2, 0) is 19.0 Å². The van der Waals surface area contributed by atoms with Crippen molar-refractivity contribution in [1.82, 2.24) is 4.90 Å². The van der Waals surface area contributed by atoms with Gasteiger partial charge >= 0.3 is 5.97 Å². The fourth-order valence-electron chi connectivity index (χ4n) is 5.51. The van der Waals surface area contributed by atoms with Gasteiger partial charge in [0, 0.05) is 22.7 Å². The second kappa shape index (κ2) is 7.73. The maximum Gasteiger partial charge on any atom is 0.309 e. The standard InChI is InChI=1S/C24H27NO8/c1-9-17-19(24-15(31-9)8-16(26)33-24)22(29)12-6-5-11(21(28)18(12)23(17)30)14-7-13(25(3)4)20(27)10(2)32-14/h5-6,9-10,13-15,20,24,27-28H,7-8H2,1-4H3/t9?,10-,13+,14-,15?,20-,24?/m1/s1. The first kappa shape index (κ1) is 22.2. The number of likely N-dealkylation sites (N-methyl/N-ethyl adjacent to an activating group) is 1. The molecule has 7 atom stereocenters. The van der Waals surface area contributed by atoms with Crippen LogP contribution in [0.4, 0.5) is 0 Å². The number of phenolic OH excluding ortho intramolecular Hbond substituents is 1. The number of Topliss-reactive ketones (excluding diaryl/α,β-unsaturated/α-hetero) is 2. The van der Waals surface area contributed by atoms with Gasteiger partial charge in [-0.25, -0.2) is 0 Å². The lowest BCUT2D eigenvalue weighted by atomic mass is 9.76. The third-order valence-electron chi connectivity index (χ3n) is 7.21. The number of hydrogen-bond acceptors (Lipinski definition) is 9. The van der Waals surface area contributed by atoms with Crippen molar-refractivity contribution in [3.63, 3.8) is 0 Å². The molecule has 3 aliphatic heterocycles. The molecule has 0 radical (unpaired) electrons. The van der Waals surface area contributed by atoms with E-state index in [9.17, 15) is 24.6 Å². The van der Waals surface area contributed by atoms with Crippen LogP contribution in [0.25, 0.3) is 0 Å². The molecule has 176 valence electrons. The number of rotatable bonds is 2. The number of benzene rings is 1. The number of aliphatic hydroxyl groups excluding tert-OH is 1. The SMILES string of the molecule is CC1OC2CC(=O)OC2C2=C1C(=O)c1c(ccc([C@H]3C[C@H](N(C)C)[C@H](O)[C@@H](C)O3)c1O)C2=O. The number of aliphatic hydroxyl groups is 1. The summed E-state index contributed by atoms with van der Waals surface area (Å²) in [5.74, 6) is -1.74. The van der Waals surface area contributed by atoms with Gasteiger partial charge in [0.05, 0.1) is 42.0 Å². The molecule has 2 N–H and O–H groups in total. The minimum Gasteiger partial charge on any atom is -0.507 e. The molecule has 0 amide bonds. The van der Waals surface area contributed by atoms with Crippen LogP contribution < -0.4 is 0 Å². The Balaban J connectivity index is 1.57. The average molecular weight is 457 g/mol. The summed E-state index contributed by atoms with van der Waals surface area (Å²) in [6.07, 6.45) is -3.57. The number of nitrogens with zero attached hydrogens (tertiary/aromatic N) is 1. The van der Waals surface area contributed by atoms with Crippen molar-refractivity contribution in [2.75, 3.05) is 14.1 Å². The van der Waals surface area contributed by atoms with Crippen LogP contribution in [-0.4, -0.2) is 83.3 Å². The summed E-state index contributed by atoms with van der Waals surface area (Å²) in [7, 11) is 3.72. The molecule has 0 bridgehead atoms. The smallest absolute Gasteiger partial charge is 0.309 e. The highest BCUT2D eigenvalue weighted by Crippen LogP contribution is 2.45. The van der Waals surface area contributed by atoms with E-state index in [-0.39, 0.29) is 40.5 Å². The Kier molecular flexibility index (Phi) is 5.20. The van der Waals surface area contributed by atoms with E-state index in [0.717, 1.165) is 0 Å². The predicted molar refractivity (Wildman–Crippen MR) is 114 cm³/mol. The molecule has 0 saturated carbocycles. The molecular weight excluding hydrogens is 430 g/mol. The van der Waals surface area contributed by atoms with E-state index in [4.69, 9.17) is 14.2 Å². The van der Waals surface area contributed by atoms with Gasteiger partial charge in [0.2, 0.25) is 0 Å². The highest BCUT2D eigenvalue weighted by molar-refractivity contribution is 6.29. The van der Waals surface area contributed by atoms with Crippen molar-refractivity contribution in [3.05, 3.63) is 40.0 Å². The topological polar surface area (TPSA) is 123 Å². The molecule has 0 aromatic heterocycles. The summed E-state index contributed by atoms with van der Waals surface area (Å²) in [4.78, 5) is 40.7. The minimum atomic E-state index is -0.917. The zero-order chi connectivity index (χ0) is 23.8. The predicted octanol–water partition coefficient (Wildman–Crippen LogP) is 1.31. The second-order valence-corrected chi connectivity index (χ2v) is 9.43. The number of carbonyl (C=O) groups is 3. The molecule has 5 rings (SSSR count). The Bertz CT molecular complexity index is 1090. The maximum absolute atomic E-state index is 13.5. The number of aromatic hydroxyl groups is 1. The summed E-state index contributed by atoms with van der Waals surface area (Å²) in [6, 6.07) is 2.90. The molecule has 9 nitrogen and oxygen atoms in total. The van der Waals surface area contributed by atoms with Gasteiger partial charge in [0.1, 0.15) is 11.9 Å². The van der Waals surface area contributed by atoms with Gasteiger partial charge in [-0.2, -0.15) is 0 Å². The number of hydrogen-bond donors (Lipinski definition) is 2. The van der Waals surface area contributed by atoms with Crippen LogP contribution in [0, 0.1) is 0 Å². The lowest BCUT2D eigenvalue weighted by Gasteiger charge is -2.41. The fraction of sp³-hybridized carbons (Fsp3) is 0.542. The van der Waals surface area contributed by atoms with E-state index in [0.29, 0.717) is 12.0 Å². The van der Waals surface area contributed by atoms with Gasteiger partial charge in [-0.05, 0) is 40.4 Å². The maximum atomic E-state index is 13.5. The summed E-state index contributed by atoms with van der Waals surface area (Å²) in [6.45, 7) is 3.41. The Hall–Kier alpha value is -2.59. The highest BCUT2D eigenvalue weighted by Gasteiger charge is 2.51. The fourth-order valence-corrected chi connectivity index (χ4v) is 5.51. The van der Waals surface area contributed by atoms with E-state index < -0.39 is 54.2 Å². The van der Waals surface area contributed by atoms with E-state index >= 15 is 0 Å². The van der Waals surface area contributed by atoms with E-state index in [1.165, 1.54) is 6.07 Å². The molecular formula is C24H27NO8. The summed E-state index contributed by atoms with van der Waals surface area (Å²) < 4.78 is 17.1. The molecule has 33 heavy (non-hydrogen) atoms. The van der Waals surface area contributed by atoms with Crippen LogP contribution >= 0.6 is 0 Å². The number of carbonyl (C=O) groups excluding carboxylic acids is 3. The van der Waals surface area contributed by atoms with Crippen LogP contribution in [0.2, 0.25) is 0 Å².